The Balaban J connectivity index is 1.28. The van der Waals surface area contributed by atoms with E-state index in [0.717, 1.165) is 50.7 Å². The van der Waals surface area contributed by atoms with Gasteiger partial charge >= 0.3 is 0 Å². The van der Waals surface area contributed by atoms with Crippen LogP contribution in [-0.4, -0.2) is 73.3 Å². The van der Waals surface area contributed by atoms with E-state index in [0.29, 0.717) is 34.2 Å². The SMILES string of the molecule is CN(c1cc(Cl)nc(SCc2cccc(C(=O)NCCCN3CCOCC3)c2)n1)C1CCCCC1. The predicted molar refractivity (Wildman–Crippen MR) is 143 cm³/mol. The molecule has 2 heterocycles. The highest BCUT2D eigenvalue weighted by Gasteiger charge is 2.20. The molecule has 0 bridgehead atoms. The van der Waals surface area contributed by atoms with Gasteiger partial charge < -0.3 is 15.0 Å². The van der Waals surface area contributed by atoms with Gasteiger partial charge in [-0.1, -0.05) is 54.8 Å². The Labute approximate surface area is 218 Å². The number of morpholine rings is 1. The number of hydrogen-bond acceptors (Lipinski definition) is 7. The van der Waals surface area contributed by atoms with Gasteiger partial charge in [0.1, 0.15) is 11.0 Å². The molecule has 2 fully saturated rings. The van der Waals surface area contributed by atoms with Crippen LogP contribution in [0.3, 0.4) is 0 Å². The third kappa shape index (κ3) is 8.07. The van der Waals surface area contributed by atoms with Crippen molar-refractivity contribution in [3.63, 3.8) is 0 Å². The van der Waals surface area contributed by atoms with Crippen LogP contribution < -0.4 is 10.2 Å². The Kier molecular flexibility index (Phi) is 10.1. The minimum atomic E-state index is -0.0331. The quantitative estimate of drug-likeness (QED) is 0.213. The first-order valence-corrected chi connectivity index (χ1v) is 14.0. The molecule has 1 saturated carbocycles. The largest absolute Gasteiger partial charge is 0.379 e. The average Bonchev–Trinajstić information content (AvgIpc) is 2.90. The summed E-state index contributed by atoms with van der Waals surface area (Å²) in [7, 11) is 2.10. The summed E-state index contributed by atoms with van der Waals surface area (Å²) >= 11 is 7.88. The fraction of sp³-hybridized carbons (Fsp3) is 0.577. The Morgan fingerprint density at radius 2 is 2.00 bits per heavy atom. The molecule has 1 saturated heterocycles. The van der Waals surface area contributed by atoms with Crippen LogP contribution in [0, 0.1) is 0 Å². The van der Waals surface area contributed by atoms with Crippen LogP contribution in [0.15, 0.2) is 35.5 Å². The fourth-order valence-corrected chi connectivity index (χ4v) is 5.69. The number of rotatable bonds is 10. The first-order valence-electron chi connectivity index (χ1n) is 12.7. The molecule has 0 atom stereocenters. The second-order valence-corrected chi connectivity index (χ2v) is 10.6. The molecule has 7 nitrogen and oxygen atoms in total. The number of carbonyl (C=O) groups excluding carboxylic acids is 1. The van der Waals surface area contributed by atoms with Crippen LogP contribution >= 0.6 is 23.4 Å². The van der Waals surface area contributed by atoms with Crippen molar-refractivity contribution >= 4 is 35.1 Å². The van der Waals surface area contributed by atoms with Crippen molar-refractivity contribution in [2.45, 2.75) is 55.5 Å². The van der Waals surface area contributed by atoms with Crippen LogP contribution in [0.4, 0.5) is 5.82 Å². The maximum absolute atomic E-state index is 12.6. The number of benzene rings is 1. The predicted octanol–water partition coefficient (Wildman–Crippen LogP) is 4.64. The molecule has 1 N–H and O–H groups in total. The summed E-state index contributed by atoms with van der Waals surface area (Å²) in [6, 6.07) is 10.1. The molecule has 4 rings (SSSR count). The molecule has 1 aliphatic heterocycles. The van der Waals surface area contributed by atoms with Crippen molar-refractivity contribution in [1.29, 1.82) is 0 Å². The number of nitrogens with zero attached hydrogens (tertiary/aromatic N) is 4. The maximum Gasteiger partial charge on any atom is 0.251 e. The van der Waals surface area contributed by atoms with Gasteiger partial charge in [0, 0.05) is 50.1 Å². The smallest absolute Gasteiger partial charge is 0.251 e. The van der Waals surface area contributed by atoms with Crippen LogP contribution in [0.25, 0.3) is 0 Å². The number of carbonyl (C=O) groups is 1. The van der Waals surface area contributed by atoms with E-state index in [1.54, 1.807) is 11.8 Å². The molecule has 9 heteroatoms. The molecular weight excluding hydrogens is 482 g/mol. The van der Waals surface area contributed by atoms with Crippen molar-refractivity contribution in [3.05, 3.63) is 46.6 Å². The highest BCUT2D eigenvalue weighted by molar-refractivity contribution is 7.98. The summed E-state index contributed by atoms with van der Waals surface area (Å²) in [5.41, 5.74) is 1.74. The number of ether oxygens (including phenoxy) is 1. The van der Waals surface area contributed by atoms with Gasteiger partial charge in [0.2, 0.25) is 0 Å². The summed E-state index contributed by atoms with van der Waals surface area (Å²) in [5, 5.41) is 4.17. The summed E-state index contributed by atoms with van der Waals surface area (Å²) in [6.45, 7) is 5.21. The fourth-order valence-electron chi connectivity index (χ4n) is 4.67. The van der Waals surface area contributed by atoms with E-state index in [2.05, 4.69) is 27.1 Å². The van der Waals surface area contributed by atoms with Gasteiger partial charge in [-0.25, -0.2) is 9.97 Å². The molecule has 0 unspecified atom stereocenters. The summed E-state index contributed by atoms with van der Waals surface area (Å²) < 4.78 is 5.38. The molecule has 2 aromatic rings. The van der Waals surface area contributed by atoms with Gasteiger partial charge in [0.25, 0.3) is 5.91 Å². The topological polar surface area (TPSA) is 70.6 Å². The van der Waals surface area contributed by atoms with E-state index >= 15 is 0 Å². The number of halogens is 1. The van der Waals surface area contributed by atoms with Crippen LogP contribution in [0.1, 0.15) is 54.4 Å². The number of amides is 1. The Bertz CT molecular complexity index is 967. The second kappa shape index (κ2) is 13.4. The lowest BCUT2D eigenvalue weighted by Gasteiger charge is -2.32. The Morgan fingerprint density at radius 1 is 1.20 bits per heavy atom. The number of aromatic nitrogens is 2. The molecule has 2 aliphatic rings. The molecule has 1 aromatic heterocycles. The molecule has 190 valence electrons. The van der Waals surface area contributed by atoms with E-state index < -0.39 is 0 Å². The Hall–Kier alpha value is -1.87. The normalized spacial score (nSPS) is 17.3. The zero-order valence-corrected chi connectivity index (χ0v) is 22.1. The summed E-state index contributed by atoms with van der Waals surface area (Å²) in [6.07, 6.45) is 7.19. The summed E-state index contributed by atoms with van der Waals surface area (Å²) in [4.78, 5) is 26.5. The van der Waals surface area contributed by atoms with E-state index in [-0.39, 0.29) is 5.91 Å². The number of thioether (sulfide) groups is 1. The van der Waals surface area contributed by atoms with Gasteiger partial charge in [0.05, 0.1) is 13.2 Å². The Morgan fingerprint density at radius 3 is 2.80 bits per heavy atom. The van der Waals surface area contributed by atoms with E-state index in [9.17, 15) is 4.79 Å². The van der Waals surface area contributed by atoms with Crippen LogP contribution in [0.5, 0.6) is 0 Å². The molecule has 1 aromatic carbocycles. The molecule has 0 radical (unpaired) electrons. The number of hydrogen-bond donors (Lipinski definition) is 1. The summed E-state index contributed by atoms with van der Waals surface area (Å²) in [5.74, 6) is 1.52. The first-order chi connectivity index (χ1) is 17.1. The lowest BCUT2D eigenvalue weighted by atomic mass is 9.94. The van der Waals surface area contributed by atoms with Crippen molar-refractivity contribution in [2.75, 3.05) is 51.3 Å². The molecule has 35 heavy (non-hydrogen) atoms. The van der Waals surface area contributed by atoms with Gasteiger partial charge in [-0.2, -0.15) is 0 Å². The van der Waals surface area contributed by atoms with Gasteiger partial charge in [-0.3, -0.25) is 9.69 Å². The van der Waals surface area contributed by atoms with E-state index in [1.807, 2.05) is 30.3 Å². The van der Waals surface area contributed by atoms with Crippen molar-refractivity contribution in [3.8, 4) is 0 Å². The third-order valence-electron chi connectivity index (χ3n) is 6.74. The van der Waals surface area contributed by atoms with Crippen molar-refractivity contribution in [2.24, 2.45) is 0 Å². The van der Waals surface area contributed by atoms with Crippen LogP contribution in [-0.2, 0) is 10.5 Å². The highest BCUT2D eigenvalue weighted by atomic mass is 35.5. The van der Waals surface area contributed by atoms with E-state index in [1.165, 1.54) is 32.1 Å². The number of anilines is 1. The number of nitrogens with one attached hydrogen (secondary N) is 1. The minimum absolute atomic E-state index is 0.0331. The first kappa shape index (κ1) is 26.2. The highest BCUT2D eigenvalue weighted by Crippen LogP contribution is 2.29. The zero-order valence-electron chi connectivity index (χ0n) is 20.5. The van der Waals surface area contributed by atoms with Gasteiger partial charge in [-0.15, -0.1) is 0 Å². The van der Waals surface area contributed by atoms with Crippen molar-refractivity contribution < 1.29 is 9.53 Å². The van der Waals surface area contributed by atoms with Crippen LogP contribution in [0.2, 0.25) is 5.15 Å². The second-order valence-electron chi connectivity index (χ2n) is 9.29. The zero-order chi connectivity index (χ0) is 24.5. The average molecular weight is 518 g/mol. The lowest BCUT2D eigenvalue weighted by molar-refractivity contribution is 0.0374. The standard InChI is InChI=1S/C26H36ClN5O2S/c1-31(22-9-3-2-4-10-22)24-18-23(27)29-26(30-24)35-19-20-7-5-8-21(17-20)25(33)28-11-6-12-32-13-15-34-16-14-32/h5,7-8,17-18,22H,2-4,6,9-16,19H2,1H3,(H,28,33). The lowest BCUT2D eigenvalue weighted by Crippen LogP contribution is -2.38. The monoisotopic (exact) mass is 517 g/mol. The minimum Gasteiger partial charge on any atom is -0.379 e. The van der Waals surface area contributed by atoms with Gasteiger partial charge in [0.15, 0.2) is 5.16 Å². The molecule has 0 spiro atoms. The van der Waals surface area contributed by atoms with Crippen molar-refractivity contribution in [1.82, 2.24) is 20.2 Å². The molecule has 1 amide bonds. The maximum atomic E-state index is 12.6. The third-order valence-corrected chi connectivity index (χ3v) is 7.85. The van der Waals surface area contributed by atoms with E-state index in [4.69, 9.17) is 21.3 Å². The van der Waals surface area contributed by atoms with Gasteiger partial charge in [-0.05, 0) is 43.5 Å². The molecular formula is C26H36ClN5O2S. The molecule has 1 aliphatic carbocycles.